The third-order valence-electron chi connectivity index (χ3n) is 5.52. The van der Waals surface area contributed by atoms with Crippen LogP contribution in [0.4, 0.5) is 0 Å². The van der Waals surface area contributed by atoms with Gasteiger partial charge in [0.05, 0.1) is 22.6 Å². The van der Waals surface area contributed by atoms with E-state index in [0.29, 0.717) is 11.1 Å². The van der Waals surface area contributed by atoms with Crippen molar-refractivity contribution in [1.29, 1.82) is 0 Å². The van der Waals surface area contributed by atoms with Gasteiger partial charge in [0.25, 0.3) is 19.7 Å². The second-order valence-corrected chi connectivity index (χ2v) is 12.3. The van der Waals surface area contributed by atoms with Crippen LogP contribution in [-0.4, -0.2) is 27.6 Å². The zero-order chi connectivity index (χ0) is 24.9. The Bertz CT molecular complexity index is 1350. The standard InChI is InChI=1S/C26H24N2O4S2/c1-19-8-12-23(13-9-19)33(29,30)25(27-3)17-21-6-5-7-22(16-21)18-26(28-4)34(31,32)24-14-10-20(2)11-15-24/h5-16,25-26H,17-18H2,1-2H3. The Balaban J connectivity index is 1.83. The maximum Gasteiger partial charge on any atom is 0.329 e. The van der Waals surface area contributed by atoms with Crippen LogP contribution in [0.3, 0.4) is 0 Å². The van der Waals surface area contributed by atoms with Crippen molar-refractivity contribution in [3.05, 3.63) is 118 Å². The fourth-order valence-corrected chi connectivity index (χ4v) is 6.27. The molecule has 0 aliphatic rings. The van der Waals surface area contributed by atoms with Gasteiger partial charge in [0.15, 0.2) is 0 Å². The van der Waals surface area contributed by atoms with E-state index in [-0.39, 0.29) is 22.6 Å². The van der Waals surface area contributed by atoms with E-state index < -0.39 is 30.4 Å². The van der Waals surface area contributed by atoms with Crippen molar-refractivity contribution in [3.63, 3.8) is 0 Å². The van der Waals surface area contributed by atoms with Gasteiger partial charge in [0.2, 0.25) is 0 Å². The van der Waals surface area contributed by atoms with Gasteiger partial charge in [-0.3, -0.25) is 9.69 Å². The first-order chi connectivity index (χ1) is 16.1. The van der Waals surface area contributed by atoms with Crippen LogP contribution in [0.1, 0.15) is 22.3 Å². The summed E-state index contributed by atoms with van der Waals surface area (Å²) in [5.74, 6) is 0. The van der Waals surface area contributed by atoms with Crippen LogP contribution >= 0.6 is 0 Å². The molecule has 3 aromatic carbocycles. The van der Waals surface area contributed by atoms with E-state index in [1.165, 1.54) is 24.3 Å². The molecule has 0 bridgehead atoms. The number of nitrogens with zero attached hydrogens (tertiary/aromatic N) is 2. The van der Waals surface area contributed by atoms with Gasteiger partial charge >= 0.3 is 10.7 Å². The quantitative estimate of drug-likeness (QED) is 0.422. The number of sulfone groups is 2. The molecule has 0 N–H and O–H groups in total. The molecule has 0 spiro atoms. The summed E-state index contributed by atoms with van der Waals surface area (Å²) in [6.07, 6.45) is -0.0815. The smallest absolute Gasteiger partial charge is 0.296 e. The first-order valence-corrected chi connectivity index (χ1v) is 13.6. The molecule has 2 unspecified atom stereocenters. The van der Waals surface area contributed by atoms with E-state index in [1.807, 2.05) is 13.8 Å². The van der Waals surface area contributed by atoms with Gasteiger partial charge in [-0.15, -0.1) is 0 Å². The molecule has 3 rings (SSSR count). The molecule has 0 aliphatic carbocycles. The second kappa shape index (κ2) is 10.2. The SMILES string of the molecule is [C-]#[N+]C(Cc1cccc(CC([N+]#[C-])S(=O)(=O)c2ccc(C)cc2)c1)S(=O)(=O)c1ccc(C)cc1. The summed E-state index contributed by atoms with van der Waals surface area (Å²) in [5.41, 5.74) is 3.01. The lowest BCUT2D eigenvalue weighted by molar-refractivity contribution is 0.586. The monoisotopic (exact) mass is 492 g/mol. The molecule has 0 aromatic heterocycles. The van der Waals surface area contributed by atoms with Crippen LogP contribution in [0, 0.1) is 27.0 Å². The predicted molar refractivity (Wildman–Crippen MR) is 131 cm³/mol. The van der Waals surface area contributed by atoms with Gasteiger partial charge in [-0.05, 0) is 49.2 Å². The molecular weight excluding hydrogens is 468 g/mol. The van der Waals surface area contributed by atoms with Gasteiger partial charge in [-0.1, -0.05) is 59.7 Å². The van der Waals surface area contributed by atoms with Crippen molar-refractivity contribution in [2.75, 3.05) is 0 Å². The Morgan fingerprint density at radius 1 is 0.647 bits per heavy atom. The molecule has 34 heavy (non-hydrogen) atoms. The average molecular weight is 493 g/mol. The number of rotatable bonds is 8. The lowest BCUT2D eigenvalue weighted by atomic mass is 10.1. The number of hydrogen-bond acceptors (Lipinski definition) is 4. The van der Waals surface area contributed by atoms with Gasteiger partial charge in [0.1, 0.15) is 0 Å². The third-order valence-corrected chi connectivity index (χ3v) is 9.35. The normalized spacial score (nSPS) is 13.4. The van der Waals surface area contributed by atoms with Crippen molar-refractivity contribution >= 4 is 19.7 Å². The van der Waals surface area contributed by atoms with Gasteiger partial charge in [-0.25, -0.2) is 30.0 Å². The summed E-state index contributed by atoms with van der Waals surface area (Å²) in [4.78, 5) is 6.91. The number of hydrogen-bond donors (Lipinski definition) is 0. The fraction of sp³-hybridized carbons (Fsp3) is 0.231. The molecule has 2 atom stereocenters. The molecule has 0 amide bonds. The van der Waals surface area contributed by atoms with E-state index in [1.54, 1.807) is 48.5 Å². The van der Waals surface area contributed by atoms with Crippen LogP contribution < -0.4 is 0 Å². The Morgan fingerprint density at radius 3 is 1.32 bits per heavy atom. The summed E-state index contributed by atoms with van der Waals surface area (Å²) in [6, 6.07) is 19.5. The minimum atomic E-state index is -3.87. The van der Waals surface area contributed by atoms with E-state index in [4.69, 9.17) is 13.1 Å². The molecule has 174 valence electrons. The minimum absolute atomic E-state index is 0.0407. The number of benzene rings is 3. The molecule has 0 fully saturated rings. The molecule has 0 saturated carbocycles. The number of aryl methyl sites for hydroxylation is 2. The van der Waals surface area contributed by atoms with Crippen molar-refractivity contribution in [2.45, 2.75) is 47.2 Å². The van der Waals surface area contributed by atoms with Crippen molar-refractivity contribution in [3.8, 4) is 0 Å². The summed E-state index contributed by atoms with van der Waals surface area (Å²) in [7, 11) is -7.74. The van der Waals surface area contributed by atoms with Gasteiger partial charge < -0.3 is 0 Å². The zero-order valence-electron chi connectivity index (χ0n) is 18.8. The summed E-state index contributed by atoms with van der Waals surface area (Å²) in [6.45, 7) is 18.6. The highest BCUT2D eigenvalue weighted by atomic mass is 32.2. The molecule has 3 aromatic rings. The molecule has 0 heterocycles. The Morgan fingerprint density at radius 2 is 1.00 bits per heavy atom. The average Bonchev–Trinajstić information content (AvgIpc) is 2.81. The minimum Gasteiger partial charge on any atom is -0.296 e. The van der Waals surface area contributed by atoms with E-state index in [9.17, 15) is 16.8 Å². The topological polar surface area (TPSA) is 77.0 Å². The third kappa shape index (κ3) is 5.53. The van der Waals surface area contributed by atoms with E-state index >= 15 is 0 Å². The first-order valence-electron chi connectivity index (χ1n) is 10.5. The summed E-state index contributed by atoms with van der Waals surface area (Å²) in [5, 5.41) is -2.61. The van der Waals surface area contributed by atoms with E-state index in [2.05, 4.69) is 9.69 Å². The summed E-state index contributed by atoms with van der Waals surface area (Å²) >= 11 is 0. The molecular formula is C26H24N2O4S2. The lowest BCUT2D eigenvalue weighted by Crippen LogP contribution is -2.22. The first kappa shape index (κ1) is 25.2. The maximum absolute atomic E-state index is 13.0. The molecule has 0 aliphatic heterocycles. The van der Waals surface area contributed by atoms with Gasteiger partial charge in [0, 0.05) is 0 Å². The highest BCUT2D eigenvalue weighted by Crippen LogP contribution is 2.24. The maximum atomic E-state index is 13.0. The van der Waals surface area contributed by atoms with Crippen LogP contribution in [0.5, 0.6) is 0 Å². The Kier molecular flexibility index (Phi) is 7.56. The van der Waals surface area contributed by atoms with Crippen LogP contribution in [-0.2, 0) is 32.5 Å². The van der Waals surface area contributed by atoms with E-state index in [0.717, 1.165) is 11.1 Å². The largest absolute Gasteiger partial charge is 0.329 e. The second-order valence-electron chi connectivity index (χ2n) is 8.11. The highest BCUT2D eigenvalue weighted by molar-refractivity contribution is 7.92. The molecule has 6 nitrogen and oxygen atoms in total. The van der Waals surface area contributed by atoms with Crippen LogP contribution in [0.25, 0.3) is 9.69 Å². The van der Waals surface area contributed by atoms with Crippen molar-refractivity contribution in [2.24, 2.45) is 0 Å². The van der Waals surface area contributed by atoms with Crippen molar-refractivity contribution < 1.29 is 16.8 Å². The van der Waals surface area contributed by atoms with Crippen molar-refractivity contribution in [1.82, 2.24) is 0 Å². The Hall–Kier alpha value is -3.46. The summed E-state index contributed by atoms with van der Waals surface area (Å²) < 4.78 is 51.9. The molecule has 8 heteroatoms. The predicted octanol–water partition coefficient (Wildman–Crippen LogP) is 4.83. The van der Waals surface area contributed by atoms with Crippen LogP contribution in [0.15, 0.2) is 82.6 Å². The lowest BCUT2D eigenvalue weighted by Gasteiger charge is -2.11. The zero-order valence-corrected chi connectivity index (χ0v) is 20.5. The Labute approximate surface area is 201 Å². The fourth-order valence-electron chi connectivity index (χ4n) is 3.51. The molecule has 0 saturated heterocycles. The molecule has 0 radical (unpaired) electrons. The highest BCUT2D eigenvalue weighted by Gasteiger charge is 2.34. The van der Waals surface area contributed by atoms with Crippen LogP contribution in [0.2, 0.25) is 0 Å². The van der Waals surface area contributed by atoms with Gasteiger partial charge in [-0.2, -0.15) is 0 Å².